The van der Waals surface area contributed by atoms with Crippen molar-refractivity contribution in [2.24, 2.45) is 16.7 Å². The lowest BCUT2D eigenvalue weighted by Gasteiger charge is -2.51. The Balaban J connectivity index is 1.19. The van der Waals surface area contributed by atoms with Crippen molar-refractivity contribution in [2.45, 2.75) is 64.4 Å². The Morgan fingerprint density at radius 2 is 1.61 bits per heavy atom. The van der Waals surface area contributed by atoms with Gasteiger partial charge in [0.05, 0.1) is 48.9 Å². The van der Waals surface area contributed by atoms with Crippen molar-refractivity contribution in [1.29, 1.82) is 0 Å². The highest BCUT2D eigenvalue weighted by atomic mass is 19.1. The smallest absolute Gasteiger partial charge is 0.253 e. The van der Waals surface area contributed by atoms with E-state index in [1.54, 1.807) is 16.7 Å². The van der Waals surface area contributed by atoms with E-state index in [9.17, 15) is 23.6 Å². The standard InChI is InChI=1S/C37H47FN6O5/c1-25-29(19-44(41-25)18-27-10-6-4-7-11-27)34(47)42-20-30(37(22-42)23-43(24-37)35(48)36(14-15-36)16-17-38)32(45)40-31(33(46)39-3)26(2)49-21-28-12-8-5-9-13-28/h4-13,19,25-26,30-31,41H,14-18,20-24H2,1-3H3,(H,39,46)(H,40,45)/t25?,26-,30-,31+/m1/s1. The van der Waals surface area contributed by atoms with Gasteiger partial charge in [0.2, 0.25) is 17.7 Å². The maximum atomic E-state index is 14.2. The van der Waals surface area contributed by atoms with Crippen LogP contribution in [-0.2, 0) is 37.1 Å². The molecular weight excluding hydrogens is 627 g/mol. The molecule has 1 unspecified atom stereocenters. The van der Waals surface area contributed by atoms with Crippen LogP contribution in [0.1, 0.15) is 44.2 Å². The van der Waals surface area contributed by atoms with Crippen LogP contribution in [0.2, 0.25) is 0 Å². The number of carbonyl (C=O) groups is 4. The third kappa shape index (κ3) is 7.21. The summed E-state index contributed by atoms with van der Waals surface area (Å²) in [4.78, 5) is 58.2. The maximum Gasteiger partial charge on any atom is 0.253 e. The SMILES string of the molecule is CNC(=O)[C@@H](NC(=O)[C@H]1CN(C(=O)C2=CN(Cc3ccccc3)NC2C)CC12CN(C(=O)C1(CCF)CC1)C2)[C@@H](C)OCc1ccccc1. The first-order valence-corrected chi connectivity index (χ1v) is 17.2. The molecule has 3 N–H and O–H groups in total. The quantitative estimate of drug-likeness (QED) is 0.299. The zero-order chi connectivity index (χ0) is 34.8. The molecule has 4 amide bonds. The molecule has 1 saturated carbocycles. The fraction of sp³-hybridized carbons (Fsp3) is 0.514. The average Bonchev–Trinajstić information content (AvgIpc) is 3.62. The third-order valence-corrected chi connectivity index (χ3v) is 10.6. The minimum absolute atomic E-state index is 0.0706. The predicted octanol–water partition coefficient (Wildman–Crippen LogP) is 2.54. The second-order valence-electron chi connectivity index (χ2n) is 14.1. The number of ether oxygens (including phenoxy) is 1. The first kappa shape index (κ1) is 34.6. The number of halogens is 1. The molecule has 49 heavy (non-hydrogen) atoms. The van der Waals surface area contributed by atoms with Crippen LogP contribution < -0.4 is 16.1 Å². The summed E-state index contributed by atoms with van der Waals surface area (Å²) < 4.78 is 19.3. The Morgan fingerprint density at radius 1 is 0.980 bits per heavy atom. The number of nitrogens with zero attached hydrogens (tertiary/aromatic N) is 3. The number of carbonyl (C=O) groups excluding carboxylic acids is 4. The lowest BCUT2D eigenvalue weighted by Crippen LogP contribution is -2.66. The van der Waals surface area contributed by atoms with Gasteiger partial charge >= 0.3 is 0 Å². The monoisotopic (exact) mass is 674 g/mol. The largest absolute Gasteiger partial charge is 0.371 e. The molecule has 3 fully saturated rings. The summed E-state index contributed by atoms with van der Waals surface area (Å²) in [5.41, 5.74) is 4.64. The van der Waals surface area contributed by atoms with Crippen molar-refractivity contribution < 1.29 is 28.3 Å². The molecule has 2 aromatic rings. The molecule has 4 atom stereocenters. The van der Waals surface area contributed by atoms with Crippen LogP contribution in [0.5, 0.6) is 0 Å². The molecule has 4 aliphatic rings. The average molecular weight is 675 g/mol. The summed E-state index contributed by atoms with van der Waals surface area (Å²) in [6, 6.07) is 18.3. The van der Waals surface area contributed by atoms with Gasteiger partial charge in [-0.25, -0.2) is 5.43 Å². The van der Waals surface area contributed by atoms with E-state index in [-0.39, 0.29) is 49.9 Å². The number of rotatable bonds is 13. The highest BCUT2D eigenvalue weighted by molar-refractivity contribution is 5.96. The van der Waals surface area contributed by atoms with Crippen LogP contribution in [0, 0.1) is 16.7 Å². The van der Waals surface area contributed by atoms with Crippen molar-refractivity contribution in [3.05, 3.63) is 83.6 Å². The summed E-state index contributed by atoms with van der Waals surface area (Å²) >= 11 is 0. The molecular formula is C37H47FN6O5. The number of likely N-dealkylation sites (N-methyl/N-ethyl adjacent to an activating group) is 1. The van der Waals surface area contributed by atoms with Gasteiger partial charge in [-0.1, -0.05) is 60.7 Å². The highest BCUT2D eigenvalue weighted by Gasteiger charge is 2.62. The molecule has 11 nitrogen and oxygen atoms in total. The van der Waals surface area contributed by atoms with Gasteiger partial charge < -0.3 is 30.2 Å². The van der Waals surface area contributed by atoms with Gasteiger partial charge in [0.1, 0.15) is 6.04 Å². The minimum atomic E-state index is -0.978. The Bertz CT molecular complexity index is 1560. The van der Waals surface area contributed by atoms with E-state index in [0.29, 0.717) is 38.0 Å². The summed E-state index contributed by atoms with van der Waals surface area (Å²) in [6.45, 7) is 4.99. The Kier molecular flexibility index (Phi) is 10.1. The Labute approximate surface area is 287 Å². The molecule has 0 aromatic heterocycles. The zero-order valence-corrected chi connectivity index (χ0v) is 28.5. The second-order valence-corrected chi connectivity index (χ2v) is 14.1. The minimum Gasteiger partial charge on any atom is -0.371 e. The van der Waals surface area contributed by atoms with Crippen LogP contribution in [0.25, 0.3) is 0 Å². The number of benzene rings is 2. The highest BCUT2D eigenvalue weighted by Crippen LogP contribution is 2.54. The lowest BCUT2D eigenvalue weighted by molar-refractivity contribution is -0.155. The third-order valence-electron chi connectivity index (χ3n) is 10.6. The van der Waals surface area contributed by atoms with Gasteiger partial charge in [0, 0.05) is 44.8 Å². The van der Waals surface area contributed by atoms with Crippen LogP contribution >= 0.6 is 0 Å². The molecule has 12 heteroatoms. The first-order chi connectivity index (χ1) is 23.6. The van der Waals surface area contributed by atoms with Gasteiger partial charge in [0.15, 0.2) is 0 Å². The Morgan fingerprint density at radius 3 is 2.22 bits per heavy atom. The van der Waals surface area contributed by atoms with E-state index < -0.39 is 41.5 Å². The van der Waals surface area contributed by atoms with Crippen molar-refractivity contribution in [3.8, 4) is 0 Å². The Hall–Kier alpha value is -4.29. The fourth-order valence-electron chi connectivity index (χ4n) is 7.53. The van der Waals surface area contributed by atoms with E-state index in [1.165, 1.54) is 7.05 Å². The van der Waals surface area contributed by atoms with E-state index in [2.05, 4.69) is 16.1 Å². The number of hydrogen-bond donors (Lipinski definition) is 3. The van der Waals surface area contributed by atoms with Crippen LogP contribution in [0.15, 0.2) is 72.4 Å². The van der Waals surface area contributed by atoms with Crippen LogP contribution in [-0.4, -0.2) is 96.5 Å². The maximum absolute atomic E-state index is 14.2. The zero-order valence-electron chi connectivity index (χ0n) is 28.5. The first-order valence-electron chi connectivity index (χ1n) is 17.2. The topological polar surface area (TPSA) is 123 Å². The molecule has 262 valence electrons. The summed E-state index contributed by atoms with van der Waals surface area (Å²) in [7, 11) is 1.51. The van der Waals surface area contributed by atoms with Crippen LogP contribution in [0.4, 0.5) is 4.39 Å². The molecule has 6 rings (SSSR count). The van der Waals surface area contributed by atoms with Gasteiger partial charge in [-0.05, 0) is 44.2 Å². The second kappa shape index (κ2) is 14.3. The number of nitrogens with one attached hydrogen (secondary N) is 3. The summed E-state index contributed by atoms with van der Waals surface area (Å²) in [6.07, 6.45) is 2.72. The van der Waals surface area contributed by atoms with Gasteiger partial charge in [-0.15, -0.1) is 0 Å². The lowest BCUT2D eigenvalue weighted by atomic mass is 9.70. The number of amides is 4. The van der Waals surface area contributed by atoms with Gasteiger partial charge in [0.25, 0.3) is 5.91 Å². The number of hydrogen-bond acceptors (Lipinski definition) is 7. The van der Waals surface area contributed by atoms with E-state index in [4.69, 9.17) is 4.74 Å². The molecule has 2 saturated heterocycles. The fourth-order valence-corrected chi connectivity index (χ4v) is 7.53. The molecule has 0 bridgehead atoms. The number of alkyl halides is 1. The summed E-state index contributed by atoms with van der Waals surface area (Å²) in [5.74, 6) is -1.67. The molecule has 3 heterocycles. The van der Waals surface area contributed by atoms with E-state index >= 15 is 0 Å². The molecule has 1 spiro atoms. The van der Waals surface area contributed by atoms with Crippen molar-refractivity contribution in [2.75, 3.05) is 39.9 Å². The normalized spacial score (nSPS) is 23.0. The summed E-state index contributed by atoms with van der Waals surface area (Å²) in [5, 5.41) is 7.48. The van der Waals surface area contributed by atoms with E-state index in [1.807, 2.05) is 78.8 Å². The van der Waals surface area contributed by atoms with Gasteiger partial charge in [-0.3, -0.25) is 23.6 Å². The molecule has 0 radical (unpaired) electrons. The predicted molar refractivity (Wildman–Crippen MR) is 181 cm³/mol. The van der Waals surface area contributed by atoms with Crippen molar-refractivity contribution >= 4 is 23.6 Å². The number of likely N-dealkylation sites (tertiary alicyclic amines) is 2. The van der Waals surface area contributed by atoms with E-state index in [0.717, 1.165) is 11.1 Å². The molecule has 2 aromatic carbocycles. The molecule has 1 aliphatic carbocycles. The van der Waals surface area contributed by atoms with Gasteiger partial charge in [-0.2, -0.15) is 0 Å². The van der Waals surface area contributed by atoms with Crippen molar-refractivity contribution in [1.82, 2.24) is 30.9 Å². The van der Waals surface area contributed by atoms with Crippen molar-refractivity contribution in [3.63, 3.8) is 0 Å². The molecule has 3 aliphatic heterocycles. The van der Waals surface area contributed by atoms with Crippen LogP contribution in [0.3, 0.4) is 0 Å². The number of hydrazine groups is 1.